The van der Waals surface area contributed by atoms with Crippen LogP contribution < -0.4 is 11.1 Å². The summed E-state index contributed by atoms with van der Waals surface area (Å²) in [7, 11) is 0. The Labute approximate surface area is 128 Å². The van der Waals surface area contributed by atoms with Gasteiger partial charge >= 0.3 is 0 Å². The van der Waals surface area contributed by atoms with Gasteiger partial charge in [0, 0.05) is 27.8 Å². The molecule has 3 rings (SSSR count). The largest absolute Gasteiger partial charge is 0.398 e. The number of nitrogen functional groups attached to an aromatic ring is 1. The summed E-state index contributed by atoms with van der Waals surface area (Å²) in [5, 5.41) is 4.68. The van der Waals surface area contributed by atoms with E-state index in [1.54, 1.807) is 0 Å². The van der Waals surface area contributed by atoms with Crippen molar-refractivity contribution >= 4 is 38.2 Å². The van der Waals surface area contributed by atoms with Gasteiger partial charge in [0.2, 0.25) is 0 Å². The highest BCUT2D eigenvalue weighted by Crippen LogP contribution is 2.32. The van der Waals surface area contributed by atoms with Crippen molar-refractivity contribution in [3.05, 3.63) is 28.9 Å². The second-order valence-corrected chi connectivity index (χ2v) is 6.78. The number of fused-ring (bicyclic) bond motifs is 1. The molecule has 4 heteroatoms. The maximum atomic E-state index is 6.06. The molecule has 2 atom stereocenters. The Hall–Kier alpha value is -1.29. The topological polar surface area (TPSA) is 50.9 Å². The Kier molecular flexibility index (Phi) is 3.83. The Morgan fingerprint density at radius 2 is 2.20 bits per heavy atom. The van der Waals surface area contributed by atoms with E-state index in [2.05, 4.69) is 39.2 Å². The van der Waals surface area contributed by atoms with Crippen LogP contribution in [0.25, 0.3) is 10.9 Å². The van der Waals surface area contributed by atoms with Gasteiger partial charge < -0.3 is 11.1 Å². The van der Waals surface area contributed by atoms with Crippen molar-refractivity contribution in [1.29, 1.82) is 0 Å². The van der Waals surface area contributed by atoms with Gasteiger partial charge in [0.25, 0.3) is 0 Å². The molecule has 1 fully saturated rings. The van der Waals surface area contributed by atoms with Gasteiger partial charge in [-0.15, -0.1) is 0 Å². The van der Waals surface area contributed by atoms with Gasteiger partial charge in [-0.3, -0.25) is 4.98 Å². The van der Waals surface area contributed by atoms with E-state index in [9.17, 15) is 0 Å². The fourth-order valence-corrected chi connectivity index (χ4v) is 3.45. The summed E-state index contributed by atoms with van der Waals surface area (Å²) in [4.78, 5) is 4.54. The highest BCUT2D eigenvalue weighted by molar-refractivity contribution is 9.10. The van der Waals surface area contributed by atoms with E-state index in [1.165, 1.54) is 25.7 Å². The van der Waals surface area contributed by atoms with Crippen LogP contribution in [0.5, 0.6) is 0 Å². The summed E-state index contributed by atoms with van der Waals surface area (Å²) in [6.07, 6.45) is 6.97. The molecule has 0 spiro atoms. The molecule has 1 heterocycles. The Bertz CT molecular complexity index is 626. The predicted molar refractivity (Wildman–Crippen MR) is 88.9 cm³/mol. The van der Waals surface area contributed by atoms with Crippen molar-refractivity contribution in [3.63, 3.8) is 0 Å². The van der Waals surface area contributed by atoms with E-state index >= 15 is 0 Å². The monoisotopic (exact) mass is 333 g/mol. The molecule has 1 aliphatic rings. The van der Waals surface area contributed by atoms with Gasteiger partial charge in [-0.25, -0.2) is 0 Å². The quantitative estimate of drug-likeness (QED) is 0.791. The number of nitrogens with zero attached hydrogens (tertiary/aromatic N) is 1. The van der Waals surface area contributed by atoms with Crippen LogP contribution in [0.2, 0.25) is 0 Å². The molecule has 3 N–H and O–H groups in total. The Balaban J connectivity index is 1.93. The van der Waals surface area contributed by atoms with Crippen LogP contribution in [0.15, 0.2) is 28.9 Å². The smallest absolute Gasteiger partial charge is 0.0954 e. The van der Waals surface area contributed by atoms with Crippen LogP contribution >= 0.6 is 15.9 Å². The summed E-state index contributed by atoms with van der Waals surface area (Å²) in [5.41, 5.74) is 8.90. The number of hydrogen-bond donors (Lipinski definition) is 2. The highest BCUT2D eigenvalue weighted by Gasteiger charge is 2.19. The highest BCUT2D eigenvalue weighted by atomic mass is 79.9. The third-order valence-corrected chi connectivity index (χ3v) is 4.58. The van der Waals surface area contributed by atoms with E-state index in [1.807, 2.05) is 18.3 Å². The lowest BCUT2D eigenvalue weighted by molar-refractivity contribution is 0.359. The number of pyridine rings is 1. The van der Waals surface area contributed by atoms with Gasteiger partial charge in [-0.05, 0) is 52.9 Å². The van der Waals surface area contributed by atoms with Crippen molar-refractivity contribution in [3.8, 4) is 0 Å². The molecule has 0 aliphatic heterocycles. The predicted octanol–water partition coefficient (Wildman–Crippen LogP) is 4.57. The molecule has 1 aromatic heterocycles. The third-order valence-electron chi connectivity index (χ3n) is 4.15. The average Bonchev–Trinajstić information content (AvgIpc) is 2.42. The van der Waals surface area contributed by atoms with E-state index in [-0.39, 0.29) is 0 Å². The van der Waals surface area contributed by atoms with Crippen LogP contribution in [0, 0.1) is 5.92 Å². The van der Waals surface area contributed by atoms with Gasteiger partial charge in [0.15, 0.2) is 0 Å². The number of aromatic nitrogens is 1. The molecule has 1 aromatic carbocycles. The number of nitrogens with two attached hydrogens (primary N) is 1. The van der Waals surface area contributed by atoms with Crippen LogP contribution in [-0.2, 0) is 0 Å². The number of halogens is 1. The lowest BCUT2D eigenvalue weighted by Gasteiger charge is -2.28. The first-order valence-electron chi connectivity index (χ1n) is 7.24. The fraction of sp³-hybridized carbons (Fsp3) is 0.438. The van der Waals surface area contributed by atoms with Crippen LogP contribution in [0.3, 0.4) is 0 Å². The molecule has 0 radical (unpaired) electrons. The first-order chi connectivity index (χ1) is 9.63. The van der Waals surface area contributed by atoms with Crippen molar-refractivity contribution < 1.29 is 0 Å². The second kappa shape index (κ2) is 5.60. The van der Waals surface area contributed by atoms with Crippen LogP contribution in [-0.4, -0.2) is 11.0 Å². The number of nitrogens with one attached hydrogen (secondary N) is 1. The van der Waals surface area contributed by atoms with Crippen LogP contribution in [0.4, 0.5) is 11.4 Å². The molecule has 1 aliphatic carbocycles. The van der Waals surface area contributed by atoms with E-state index in [0.29, 0.717) is 6.04 Å². The molecule has 106 valence electrons. The Morgan fingerprint density at radius 3 is 3.00 bits per heavy atom. The van der Waals surface area contributed by atoms with Gasteiger partial charge in [-0.2, -0.15) is 0 Å². The maximum Gasteiger partial charge on any atom is 0.0954 e. The molecular weight excluding hydrogens is 314 g/mol. The molecule has 3 nitrogen and oxygen atoms in total. The molecule has 0 bridgehead atoms. The first kappa shape index (κ1) is 13.7. The molecule has 2 unspecified atom stereocenters. The second-order valence-electron chi connectivity index (χ2n) is 5.87. The molecule has 20 heavy (non-hydrogen) atoms. The van der Waals surface area contributed by atoms with Crippen molar-refractivity contribution in [2.75, 3.05) is 11.1 Å². The maximum absolute atomic E-state index is 6.06. The molecular formula is C16H20BrN3. The van der Waals surface area contributed by atoms with E-state index in [4.69, 9.17) is 5.73 Å². The summed E-state index contributed by atoms with van der Waals surface area (Å²) in [6, 6.07) is 6.60. The lowest BCUT2D eigenvalue weighted by Crippen LogP contribution is -2.26. The summed E-state index contributed by atoms with van der Waals surface area (Å²) in [6.45, 7) is 2.34. The Morgan fingerprint density at radius 1 is 1.35 bits per heavy atom. The van der Waals surface area contributed by atoms with Crippen LogP contribution in [0.1, 0.15) is 32.6 Å². The van der Waals surface area contributed by atoms with E-state index in [0.717, 1.165) is 32.7 Å². The molecule has 0 saturated heterocycles. The summed E-state index contributed by atoms with van der Waals surface area (Å²) >= 11 is 3.46. The molecule has 0 amide bonds. The first-order valence-corrected chi connectivity index (χ1v) is 8.03. The number of hydrogen-bond acceptors (Lipinski definition) is 3. The van der Waals surface area contributed by atoms with Crippen molar-refractivity contribution in [2.45, 2.75) is 38.6 Å². The molecule has 2 aromatic rings. The minimum Gasteiger partial charge on any atom is -0.398 e. The number of rotatable bonds is 2. The van der Waals surface area contributed by atoms with Crippen molar-refractivity contribution in [1.82, 2.24) is 4.98 Å². The minimum absolute atomic E-state index is 0.552. The standard InChI is InChI=1S/C16H20BrN3/c1-10-3-2-4-12(7-10)20-15-6-5-14(18)13-8-11(17)9-19-16(13)15/h5-6,8-10,12,20H,2-4,7,18H2,1H3. The van der Waals surface area contributed by atoms with Gasteiger partial charge in [0.05, 0.1) is 11.2 Å². The summed E-state index contributed by atoms with van der Waals surface area (Å²) < 4.78 is 0.958. The fourth-order valence-electron chi connectivity index (χ4n) is 3.12. The minimum atomic E-state index is 0.552. The molecule has 1 saturated carbocycles. The van der Waals surface area contributed by atoms with E-state index < -0.39 is 0 Å². The zero-order chi connectivity index (χ0) is 14.1. The number of anilines is 2. The average molecular weight is 334 g/mol. The van der Waals surface area contributed by atoms with Gasteiger partial charge in [0.1, 0.15) is 0 Å². The third kappa shape index (κ3) is 2.75. The summed E-state index contributed by atoms with van der Waals surface area (Å²) in [5.74, 6) is 0.809. The lowest BCUT2D eigenvalue weighted by atomic mass is 9.87. The number of benzene rings is 1. The van der Waals surface area contributed by atoms with Crippen molar-refractivity contribution in [2.24, 2.45) is 5.92 Å². The van der Waals surface area contributed by atoms with Gasteiger partial charge in [-0.1, -0.05) is 19.8 Å². The zero-order valence-electron chi connectivity index (χ0n) is 11.7. The SMILES string of the molecule is CC1CCCC(Nc2ccc(N)c3cc(Br)cnc23)C1. The normalized spacial score (nSPS) is 22.9. The zero-order valence-corrected chi connectivity index (χ0v) is 13.3.